The molecule has 0 saturated carbocycles. The van der Waals surface area contributed by atoms with E-state index in [1.807, 2.05) is 35.2 Å². The number of hydrogen-bond donors (Lipinski definition) is 4. The summed E-state index contributed by atoms with van der Waals surface area (Å²) in [4.78, 5) is 44.6. The van der Waals surface area contributed by atoms with Gasteiger partial charge in [0.2, 0.25) is 5.91 Å². The summed E-state index contributed by atoms with van der Waals surface area (Å²) >= 11 is 0. The van der Waals surface area contributed by atoms with E-state index in [1.165, 1.54) is 7.11 Å². The van der Waals surface area contributed by atoms with E-state index in [0.717, 1.165) is 66.8 Å². The number of ether oxygens (including phenoxy) is 2. The summed E-state index contributed by atoms with van der Waals surface area (Å²) in [6, 6.07) is 15.4. The fourth-order valence-corrected chi connectivity index (χ4v) is 8.79. The molecule has 0 radical (unpaired) electrons. The molecule has 0 bridgehead atoms. The van der Waals surface area contributed by atoms with E-state index >= 15 is 8.78 Å². The number of aromatic amines is 2. The topological polar surface area (TPSA) is 137 Å². The van der Waals surface area contributed by atoms with E-state index in [1.54, 1.807) is 30.5 Å². The third-order valence-corrected chi connectivity index (χ3v) is 11.7. The van der Waals surface area contributed by atoms with Gasteiger partial charge in [0, 0.05) is 36.4 Å². The molecule has 3 aliphatic heterocycles. The highest BCUT2D eigenvalue weighted by Crippen LogP contribution is 2.52. The number of carbonyl (C=O) groups excluding carboxylic acids is 2. The van der Waals surface area contributed by atoms with Crippen LogP contribution in [0.1, 0.15) is 79.8 Å². The van der Waals surface area contributed by atoms with Crippen molar-refractivity contribution in [2.45, 2.75) is 69.0 Å². The van der Waals surface area contributed by atoms with Crippen LogP contribution >= 0.6 is 0 Å². The third-order valence-electron chi connectivity index (χ3n) is 11.7. The lowest BCUT2D eigenvalue weighted by Crippen LogP contribution is -2.55. The van der Waals surface area contributed by atoms with Gasteiger partial charge in [0.05, 0.1) is 42.1 Å². The number of nitrogens with zero attached hydrogens (tertiary/aromatic N) is 3. The number of methoxy groups -OCH3 is 1. The maximum atomic E-state index is 16.3. The van der Waals surface area contributed by atoms with Crippen molar-refractivity contribution < 1.29 is 27.8 Å². The second-order valence-electron chi connectivity index (χ2n) is 14.9. The first kappa shape index (κ1) is 34.6. The number of fused-ring (bicyclic) bond motifs is 4. The van der Waals surface area contributed by atoms with Crippen LogP contribution in [0.4, 0.5) is 13.6 Å². The highest BCUT2D eigenvalue weighted by Gasteiger charge is 2.45. The largest absolute Gasteiger partial charge is 0.453 e. The number of H-pyrrole nitrogens is 2. The van der Waals surface area contributed by atoms with Gasteiger partial charge in [-0.3, -0.25) is 4.79 Å². The zero-order chi connectivity index (χ0) is 37.0. The Balaban J connectivity index is 0.978. The average molecular weight is 736 g/mol. The molecule has 1 aliphatic carbocycles. The quantitative estimate of drug-likeness (QED) is 0.137. The Labute approximate surface area is 311 Å². The Bertz CT molecular complexity index is 2220. The summed E-state index contributed by atoms with van der Waals surface area (Å²) in [5.74, 6) is -1.90. The van der Waals surface area contributed by atoms with Crippen LogP contribution in [-0.2, 0) is 20.2 Å². The van der Waals surface area contributed by atoms with Gasteiger partial charge in [0.1, 0.15) is 17.7 Å². The van der Waals surface area contributed by atoms with Gasteiger partial charge in [-0.15, -0.1) is 0 Å². The van der Waals surface area contributed by atoms with E-state index in [2.05, 4.69) is 25.6 Å². The van der Waals surface area contributed by atoms with E-state index < -0.39 is 18.1 Å². The molecule has 3 atom stereocenters. The molecular weight excluding hydrogens is 692 g/mol. The first-order valence-corrected chi connectivity index (χ1v) is 19.0. The van der Waals surface area contributed by atoms with Crippen molar-refractivity contribution in [3.63, 3.8) is 0 Å². The number of alkyl halides is 2. The predicted molar refractivity (Wildman–Crippen MR) is 199 cm³/mol. The highest BCUT2D eigenvalue weighted by molar-refractivity contribution is 5.88. The monoisotopic (exact) mass is 735 g/mol. The molecule has 13 heteroatoms. The van der Waals surface area contributed by atoms with E-state index in [-0.39, 0.29) is 35.0 Å². The Morgan fingerprint density at radius 3 is 2.41 bits per heavy atom. The van der Waals surface area contributed by atoms with Crippen LogP contribution in [0.5, 0.6) is 0 Å². The molecule has 3 fully saturated rings. The number of halogens is 2. The maximum absolute atomic E-state index is 16.3. The minimum atomic E-state index is -3.18. The van der Waals surface area contributed by atoms with E-state index in [9.17, 15) is 9.59 Å². The predicted octanol–water partition coefficient (Wildman–Crippen LogP) is 7.37. The minimum absolute atomic E-state index is 0.0108. The maximum Gasteiger partial charge on any atom is 0.407 e. The molecule has 9 rings (SSSR count). The van der Waals surface area contributed by atoms with E-state index in [4.69, 9.17) is 14.5 Å². The first-order valence-electron chi connectivity index (χ1n) is 19.0. The Morgan fingerprint density at radius 2 is 1.65 bits per heavy atom. The average Bonchev–Trinajstić information content (AvgIpc) is 4.03. The highest BCUT2D eigenvalue weighted by atomic mass is 19.3. The molecule has 3 aromatic carbocycles. The lowest BCUT2D eigenvalue weighted by atomic mass is 9.89. The number of nitrogens with one attached hydrogen (secondary N) is 4. The molecule has 0 unspecified atom stereocenters. The summed E-state index contributed by atoms with van der Waals surface area (Å²) in [5, 5.41) is 6.23. The first-order chi connectivity index (χ1) is 26.3. The summed E-state index contributed by atoms with van der Waals surface area (Å²) in [6.45, 7) is 2.56. The van der Waals surface area contributed by atoms with Gasteiger partial charge in [-0.25, -0.2) is 14.8 Å². The number of imidazole rings is 2. The summed E-state index contributed by atoms with van der Waals surface area (Å²) < 4.78 is 43.0. The van der Waals surface area contributed by atoms with Crippen molar-refractivity contribution >= 4 is 23.0 Å². The summed E-state index contributed by atoms with van der Waals surface area (Å²) in [7, 11) is 1.29. The Kier molecular flexibility index (Phi) is 8.93. The number of carbonyl (C=O) groups is 2. The molecular formula is C41H43F2N7O4. The molecule has 4 aliphatic rings. The van der Waals surface area contributed by atoms with Crippen LogP contribution < -0.4 is 10.6 Å². The van der Waals surface area contributed by atoms with Crippen molar-refractivity contribution in [2.24, 2.45) is 5.92 Å². The number of aromatic nitrogens is 4. The fourth-order valence-electron chi connectivity index (χ4n) is 8.79. The van der Waals surface area contributed by atoms with Gasteiger partial charge in [0.15, 0.2) is 0 Å². The molecule has 280 valence electrons. The molecule has 5 aromatic rings. The molecule has 4 N–H and O–H groups in total. The van der Waals surface area contributed by atoms with Crippen molar-refractivity contribution in [3.05, 3.63) is 83.6 Å². The number of amides is 2. The number of alkyl carbamates (subject to hydrolysis) is 1. The SMILES string of the molecule is COC(=O)N[C@H](C(=O)N1CCCC[C@@H]1c1nc2ccc(-c3ccc4c(c3)C(F)(F)c3cc(-c5cnc([C@@H]6CCCN6)[nH]5)ccc3-4)cc2[nH]1)C1CCOCC1. The van der Waals surface area contributed by atoms with Gasteiger partial charge in [0.25, 0.3) is 5.92 Å². The standard InChI is InChI=1S/C41H43F2N7O4/c1-53-40(52)49-36(23-13-17-54-18-14-23)39(51)50-16-3-2-6-35(50)38-46-31-12-9-25(21-33(31)47-38)24-7-10-27-28-11-8-26(20-30(28)41(42,43)29(27)19-24)34-22-45-37(48-34)32-5-4-15-44-32/h7-12,19-23,32,35-36,44H,2-6,13-18H2,1H3,(H,45,48)(H,46,47)(H,49,52)/t32-,35+,36-/m0/s1. The molecule has 2 amide bonds. The van der Waals surface area contributed by atoms with Gasteiger partial charge in [-0.1, -0.05) is 30.3 Å². The smallest absolute Gasteiger partial charge is 0.407 e. The van der Waals surface area contributed by atoms with Crippen molar-refractivity contribution in [3.8, 4) is 33.5 Å². The molecule has 2 aromatic heterocycles. The minimum Gasteiger partial charge on any atom is -0.453 e. The number of likely N-dealkylation sites (tertiary alicyclic amines) is 1. The number of benzene rings is 3. The van der Waals surface area contributed by atoms with Crippen LogP contribution in [0, 0.1) is 5.92 Å². The van der Waals surface area contributed by atoms with E-state index in [0.29, 0.717) is 60.7 Å². The van der Waals surface area contributed by atoms with Gasteiger partial charge < -0.3 is 35.0 Å². The van der Waals surface area contributed by atoms with Crippen LogP contribution in [0.15, 0.2) is 60.8 Å². The number of piperidine rings is 1. The third kappa shape index (κ3) is 6.12. The zero-order valence-electron chi connectivity index (χ0n) is 30.1. The Hall–Kier alpha value is -5.14. The van der Waals surface area contributed by atoms with Crippen LogP contribution in [-0.4, -0.2) is 76.3 Å². The van der Waals surface area contributed by atoms with Gasteiger partial charge in [-0.2, -0.15) is 8.78 Å². The van der Waals surface area contributed by atoms with Gasteiger partial charge in [-0.05, 0) is 104 Å². The van der Waals surface area contributed by atoms with Crippen molar-refractivity contribution in [2.75, 3.05) is 33.4 Å². The molecule has 5 heterocycles. The second-order valence-corrected chi connectivity index (χ2v) is 14.9. The Morgan fingerprint density at radius 1 is 0.907 bits per heavy atom. The fraction of sp³-hybridized carbons (Fsp3) is 0.415. The lowest BCUT2D eigenvalue weighted by molar-refractivity contribution is -0.139. The van der Waals surface area contributed by atoms with Crippen LogP contribution in [0.3, 0.4) is 0 Å². The van der Waals surface area contributed by atoms with Gasteiger partial charge >= 0.3 is 6.09 Å². The molecule has 54 heavy (non-hydrogen) atoms. The second kappa shape index (κ2) is 13.9. The number of hydrogen-bond acceptors (Lipinski definition) is 7. The normalized spacial score (nSPS) is 21.5. The van der Waals surface area contributed by atoms with Crippen molar-refractivity contribution in [1.29, 1.82) is 0 Å². The van der Waals surface area contributed by atoms with Crippen molar-refractivity contribution in [1.82, 2.24) is 35.5 Å². The lowest BCUT2D eigenvalue weighted by Gasteiger charge is -2.39. The van der Waals surface area contributed by atoms with Crippen LogP contribution in [0.25, 0.3) is 44.5 Å². The molecule has 3 saturated heterocycles. The summed E-state index contributed by atoms with van der Waals surface area (Å²) in [6.07, 6.45) is 7.00. The van der Waals surface area contributed by atoms with Crippen LogP contribution in [0.2, 0.25) is 0 Å². The zero-order valence-corrected chi connectivity index (χ0v) is 30.1. The number of rotatable bonds is 7. The molecule has 0 spiro atoms. The molecule has 11 nitrogen and oxygen atoms in total. The summed E-state index contributed by atoms with van der Waals surface area (Å²) in [5.41, 5.74) is 5.34.